The fraction of sp³-hybridized carbons (Fsp3) is 0.611. The summed E-state index contributed by atoms with van der Waals surface area (Å²) in [6.45, 7) is 8.50. The molecular formula is C18H25ClN2O2. The van der Waals surface area contributed by atoms with E-state index >= 15 is 0 Å². The van der Waals surface area contributed by atoms with E-state index in [1.54, 1.807) is 0 Å². The first-order chi connectivity index (χ1) is 11.1. The van der Waals surface area contributed by atoms with Crippen LogP contribution in [0.2, 0.25) is 5.02 Å². The van der Waals surface area contributed by atoms with Crippen molar-refractivity contribution in [3.05, 3.63) is 34.3 Å². The Kier molecular flexibility index (Phi) is 5.24. The normalized spacial score (nSPS) is 24.0. The summed E-state index contributed by atoms with van der Waals surface area (Å²) >= 11 is 6.06. The first-order valence-electron chi connectivity index (χ1n) is 8.45. The number of nitrogens with zero attached hydrogens (tertiary/aromatic N) is 2. The third kappa shape index (κ3) is 3.70. The van der Waals surface area contributed by atoms with Crippen LogP contribution in [0.25, 0.3) is 0 Å². The monoisotopic (exact) mass is 336 g/mol. The molecular weight excluding hydrogens is 312 g/mol. The zero-order valence-electron chi connectivity index (χ0n) is 13.9. The average molecular weight is 337 g/mol. The molecule has 4 nitrogen and oxygen atoms in total. The van der Waals surface area contributed by atoms with Gasteiger partial charge in [-0.25, -0.2) is 0 Å². The molecule has 1 aromatic carbocycles. The van der Waals surface area contributed by atoms with Crippen molar-refractivity contribution in [2.24, 2.45) is 0 Å². The highest BCUT2D eigenvalue weighted by Crippen LogP contribution is 2.22. The molecule has 1 atom stereocenters. The van der Waals surface area contributed by atoms with Crippen LogP contribution >= 0.6 is 11.6 Å². The molecule has 5 heteroatoms. The molecule has 2 saturated heterocycles. The molecule has 1 amide bonds. The van der Waals surface area contributed by atoms with Gasteiger partial charge in [-0.3, -0.25) is 9.69 Å². The van der Waals surface area contributed by atoms with Gasteiger partial charge in [0.15, 0.2) is 0 Å². The summed E-state index contributed by atoms with van der Waals surface area (Å²) in [7, 11) is 0. The van der Waals surface area contributed by atoms with Crippen molar-refractivity contribution in [3.8, 4) is 0 Å². The van der Waals surface area contributed by atoms with Crippen molar-refractivity contribution in [1.82, 2.24) is 9.80 Å². The van der Waals surface area contributed by atoms with E-state index in [0.29, 0.717) is 11.1 Å². The number of hydrogen-bond donors (Lipinski definition) is 0. The zero-order chi connectivity index (χ0) is 16.4. The van der Waals surface area contributed by atoms with E-state index in [2.05, 4.69) is 11.8 Å². The molecule has 2 fully saturated rings. The van der Waals surface area contributed by atoms with E-state index < -0.39 is 0 Å². The number of ether oxygens (including phenoxy) is 1. The number of rotatable bonds is 2. The van der Waals surface area contributed by atoms with Crippen molar-refractivity contribution in [2.45, 2.75) is 38.8 Å². The van der Waals surface area contributed by atoms with Gasteiger partial charge >= 0.3 is 0 Å². The Morgan fingerprint density at radius 1 is 1.26 bits per heavy atom. The van der Waals surface area contributed by atoms with Crippen LogP contribution in [0.3, 0.4) is 0 Å². The van der Waals surface area contributed by atoms with Crippen LogP contribution in [-0.4, -0.2) is 60.6 Å². The van der Waals surface area contributed by atoms with E-state index in [0.717, 1.165) is 56.8 Å². The lowest BCUT2D eigenvalue weighted by molar-refractivity contribution is 0.000711. The molecule has 2 aliphatic heterocycles. The number of amides is 1. The van der Waals surface area contributed by atoms with Gasteiger partial charge < -0.3 is 9.64 Å². The summed E-state index contributed by atoms with van der Waals surface area (Å²) in [5, 5.41) is 0.707. The standard InChI is InChI=1S/C18H25ClN2O2/c1-13-11-15(3-4-17(13)19)18(22)21-8-7-20(12-14(21)2)16-5-9-23-10-6-16/h3-4,11,14,16H,5-10,12H2,1-2H3/t14-/m1/s1. The fourth-order valence-corrected chi connectivity index (χ4v) is 3.73. The molecule has 0 saturated carbocycles. The van der Waals surface area contributed by atoms with Crippen molar-refractivity contribution in [1.29, 1.82) is 0 Å². The number of piperazine rings is 1. The van der Waals surface area contributed by atoms with Gasteiger partial charge in [0, 0.05) is 55.5 Å². The summed E-state index contributed by atoms with van der Waals surface area (Å²) in [5.74, 6) is 0.115. The number of aryl methyl sites for hydroxylation is 1. The van der Waals surface area contributed by atoms with Gasteiger partial charge in [0.1, 0.15) is 0 Å². The highest BCUT2D eigenvalue weighted by Gasteiger charge is 2.32. The number of halogens is 1. The van der Waals surface area contributed by atoms with Gasteiger partial charge in [0.05, 0.1) is 0 Å². The Labute approximate surface area is 143 Å². The molecule has 0 spiro atoms. The lowest BCUT2D eigenvalue weighted by Crippen LogP contribution is -2.57. The maximum Gasteiger partial charge on any atom is 0.254 e. The maximum atomic E-state index is 12.8. The number of hydrogen-bond acceptors (Lipinski definition) is 3. The largest absolute Gasteiger partial charge is 0.381 e. The van der Waals surface area contributed by atoms with Crippen LogP contribution in [0.4, 0.5) is 0 Å². The van der Waals surface area contributed by atoms with Gasteiger partial charge in [-0.15, -0.1) is 0 Å². The van der Waals surface area contributed by atoms with Gasteiger partial charge in [-0.1, -0.05) is 11.6 Å². The van der Waals surface area contributed by atoms with E-state index in [1.807, 2.05) is 30.0 Å². The van der Waals surface area contributed by atoms with Crippen LogP contribution in [0, 0.1) is 6.92 Å². The lowest BCUT2D eigenvalue weighted by Gasteiger charge is -2.44. The topological polar surface area (TPSA) is 32.8 Å². The molecule has 0 aliphatic carbocycles. The molecule has 0 aromatic heterocycles. The average Bonchev–Trinajstić information content (AvgIpc) is 2.57. The van der Waals surface area contributed by atoms with E-state index in [-0.39, 0.29) is 11.9 Å². The highest BCUT2D eigenvalue weighted by atomic mass is 35.5. The third-order valence-electron chi connectivity index (χ3n) is 5.03. The first kappa shape index (κ1) is 16.7. The minimum absolute atomic E-state index is 0.115. The summed E-state index contributed by atoms with van der Waals surface area (Å²) in [5.41, 5.74) is 1.68. The van der Waals surface area contributed by atoms with Crippen LogP contribution in [0.5, 0.6) is 0 Å². The Morgan fingerprint density at radius 2 is 2.00 bits per heavy atom. The molecule has 126 valence electrons. The van der Waals surface area contributed by atoms with Crippen molar-refractivity contribution in [3.63, 3.8) is 0 Å². The number of benzene rings is 1. The summed E-state index contributed by atoms with van der Waals surface area (Å²) in [6, 6.07) is 6.38. The second-order valence-electron chi connectivity index (χ2n) is 6.65. The van der Waals surface area contributed by atoms with E-state index in [1.165, 1.54) is 0 Å². The molecule has 23 heavy (non-hydrogen) atoms. The van der Waals surface area contributed by atoms with Crippen LogP contribution in [-0.2, 0) is 4.74 Å². The Bertz CT molecular complexity index is 572. The SMILES string of the molecule is Cc1cc(C(=O)N2CCN(C3CCOCC3)C[C@H]2C)ccc1Cl. The van der Waals surface area contributed by atoms with Gasteiger partial charge in [0.2, 0.25) is 0 Å². The predicted octanol–water partition coefficient (Wildman–Crippen LogP) is 2.97. The fourth-order valence-electron chi connectivity index (χ4n) is 3.61. The van der Waals surface area contributed by atoms with Crippen LogP contribution in [0.1, 0.15) is 35.7 Å². The number of carbonyl (C=O) groups excluding carboxylic acids is 1. The molecule has 1 aromatic rings. The second-order valence-corrected chi connectivity index (χ2v) is 7.06. The Morgan fingerprint density at radius 3 is 2.65 bits per heavy atom. The van der Waals surface area contributed by atoms with Gasteiger partial charge in [0.25, 0.3) is 5.91 Å². The summed E-state index contributed by atoms with van der Waals surface area (Å²) < 4.78 is 5.45. The van der Waals surface area contributed by atoms with Crippen LogP contribution in [0.15, 0.2) is 18.2 Å². The van der Waals surface area contributed by atoms with E-state index in [9.17, 15) is 4.79 Å². The molecule has 0 radical (unpaired) electrons. The van der Waals surface area contributed by atoms with Gasteiger partial charge in [-0.05, 0) is 50.5 Å². The first-order valence-corrected chi connectivity index (χ1v) is 8.83. The van der Waals surface area contributed by atoms with Crippen molar-refractivity contribution >= 4 is 17.5 Å². The third-order valence-corrected chi connectivity index (χ3v) is 5.46. The quantitative estimate of drug-likeness (QED) is 0.832. The number of carbonyl (C=O) groups is 1. The smallest absolute Gasteiger partial charge is 0.254 e. The molecule has 0 bridgehead atoms. The summed E-state index contributed by atoms with van der Waals surface area (Å²) in [6.07, 6.45) is 2.22. The molecule has 2 heterocycles. The highest BCUT2D eigenvalue weighted by molar-refractivity contribution is 6.31. The zero-order valence-corrected chi connectivity index (χ0v) is 14.7. The lowest BCUT2D eigenvalue weighted by atomic mass is 10.0. The minimum Gasteiger partial charge on any atom is -0.381 e. The molecule has 0 N–H and O–H groups in total. The second kappa shape index (κ2) is 7.20. The van der Waals surface area contributed by atoms with E-state index in [4.69, 9.17) is 16.3 Å². The maximum absolute atomic E-state index is 12.8. The van der Waals surface area contributed by atoms with Gasteiger partial charge in [-0.2, -0.15) is 0 Å². The summed E-state index contributed by atoms with van der Waals surface area (Å²) in [4.78, 5) is 17.3. The molecule has 3 rings (SSSR count). The Balaban J connectivity index is 1.65. The van der Waals surface area contributed by atoms with Crippen molar-refractivity contribution in [2.75, 3.05) is 32.8 Å². The molecule has 2 aliphatic rings. The minimum atomic E-state index is 0.115. The molecule has 0 unspecified atom stereocenters. The van der Waals surface area contributed by atoms with Crippen LogP contribution < -0.4 is 0 Å². The predicted molar refractivity (Wildman–Crippen MR) is 92.1 cm³/mol. The van der Waals surface area contributed by atoms with Crippen molar-refractivity contribution < 1.29 is 9.53 Å². The Hall–Kier alpha value is -1.10.